The molecule has 2 aromatic rings. The molecule has 3 heterocycles. The standard InChI is InChI=1S/C17H25N5O/c1-12-9-13(2)22(19-12)10-15-5-3-4-8-21(15)11-16-18-17(20-23-16)14-6-7-14/h9,14-15H,3-8,10-11H2,1-2H3/t15-/m1/s1. The fourth-order valence-electron chi connectivity index (χ4n) is 3.55. The first kappa shape index (κ1) is 14.9. The van der Waals surface area contributed by atoms with E-state index < -0.39 is 0 Å². The van der Waals surface area contributed by atoms with Gasteiger partial charge in [-0.25, -0.2) is 0 Å². The van der Waals surface area contributed by atoms with Crippen LogP contribution in [-0.4, -0.2) is 37.4 Å². The second kappa shape index (κ2) is 6.07. The van der Waals surface area contributed by atoms with E-state index in [0.29, 0.717) is 12.0 Å². The third-order valence-electron chi connectivity index (χ3n) is 5.00. The van der Waals surface area contributed by atoms with E-state index in [-0.39, 0.29) is 0 Å². The number of aromatic nitrogens is 4. The molecule has 2 fully saturated rings. The quantitative estimate of drug-likeness (QED) is 0.849. The van der Waals surface area contributed by atoms with Gasteiger partial charge in [-0.15, -0.1) is 0 Å². The number of rotatable bonds is 5. The zero-order chi connectivity index (χ0) is 15.8. The molecule has 1 aliphatic heterocycles. The Bertz CT molecular complexity index is 672. The first-order valence-corrected chi connectivity index (χ1v) is 8.76. The Morgan fingerprint density at radius 2 is 2.09 bits per heavy atom. The van der Waals surface area contributed by atoms with Crippen LogP contribution < -0.4 is 0 Å². The van der Waals surface area contributed by atoms with Gasteiger partial charge in [-0.05, 0) is 52.1 Å². The summed E-state index contributed by atoms with van der Waals surface area (Å²) in [5, 5.41) is 8.76. The summed E-state index contributed by atoms with van der Waals surface area (Å²) < 4.78 is 7.61. The molecule has 6 nitrogen and oxygen atoms in total. The van der Waals surface area contributed by atoms with Crippen LogP contribution in [0.5, 0.6) is 0 Å². The molecule has 1 saturated carbocycles. The maximum Gasteiger partial charge on any atom is 0.240 e. The third kappa shape index (κ3) is 3.32. The molecule has 0 spiro atoms. The third-order valence-corrected chi connectivity index (χ3v) is 5.00. The van der Waals surface area contributed by atoms with Crippen LogP contribution >= 0.6 is 0 Å². The van der Waals surface area contributed by atoms with E-state index in [9.17, 15) is 0 Å². The summed E-state index contributed by atoms with van der Waals surface area (Å²) in [6, 6.07) is 2.64. The number of aryl methyl sites for hydroxylation is 2. The summed E-state index contributed by atoms with van der Waals surface area (Å²) >= 11 is 0. The Hall–Kier alpha value is -1.69. The lowest BCUT2D eigenvalue weighted by Gasteiger charge is -2.34. The second-order valence-corrected chi connectivity index (χ2v) is 7.05. The molecule has 1 atom stereocenters. The number of hydrogen-bond donors (Lipinski definition) is 0. The molecule has 23 heavy (non-hydrogen) atoms. The lowest BCUT2D eigenvalue weighted by atomic mass is 10.0. The smallest absolute Gasteiger partial charge is 0.240 e. The average molecular weight is 315 g/mol. The van der Waals surface area contributed by atoms with Gasteiger partial charge in [0.25, 0.3) is 0 Å². The summed E-state index contributed by atoms with van der Waals surface area (Å²) in [5.41, 5.74) is 2.33. The van der Waals surface area contributed by atoms with E-state index in [0.717, 1.165) is 37.0 Å². The van der Waals surface area contributed by atoms with E-state index in [1.165, 1.54) is 37.8 Å². The number of hydrogen-bond acceptors (Lipinski definition) is 5. The van der Waals surface area contributed by atoms with E-state index in [1.54, 1.807) is 0 Å². The van der Waals surface area contributed by atoms with Gasteiger partial charge >= 0.3 is 0 Å². The van der Waals surface area contributed by atoms with Gasteiger partial charge in [-0.1, -0.05) is 11.6 Å². The summed E-state index contributed by atoms with van der Waals surface area (Å²) in [6.07, 6.45) is 6.17. The van der Waals surface area contributed by atoms with E-state index in [1.807, 2.05) is 0 Å². The molecule has 1 saturated heterocycles. The maximum atomic E-state index is 5.47. The van der Waals surface area contributed by atoms with Gasteiger partial charge in [0.1, 0.15) is 0 Å². The van der Waals surface area contributed by atoms with E-state index in [4.69, 9.17) is 4.52 Å². The highest BCUT2D eigenvalue weighted by atomic mass is 16.5. The highest BCUT2D eigenvalue weighted by Gasteiger charge is 2.30. The Morgan fingerprint density at radius 1 is 1.22 bits per heavy atom. The van der Waals surface area contributed by atoms with Crippen LogP contribution in [0.15, 0.2) is 10.6 Å². The largest absolute Gasteiger partial charge is 0.338 e. The lowest BCUT2D eigenvalue weighted by Crippen LogP contribution is -2.42. The Balaban J connectivity index is 1.44. The molecule has 0 amide bonds. The molecule has 4 rings (SSSR count). The van der Waals surface area contributed by atoms with E-state index >= 15 is 0 Å². The SMILES string of the molecule is Cc1cc(C)n(C[C@H]2CCCCN2Cc2nc(C3CC3)no2)n1. The molecular formula is C17H25N5O. The topological polar surface area (TPSA) is 60.0 Å². The van der Waals surface area contributed by atoms with Crippen LogP contribution in [0.25, 0.3) is 0 Å². The monoisotopic (exact) mass is 315 g/mol. The molecule has 0 N–H and O–H groups in total. The number of nitrogens with zero attached hydrogens (tertiary/aromatic N) is 5. The summed E-state index contributed by atoms with van der Waals surface area (Å²) in [5.74, 6) is 2.23. The molecular weight excluding hydrogens is 290 g/mol. The first-order valence-electron chi connectivity index (χ1n) is 8.76. The molecule has 124 valence electrons. The Labute approximate surface area is 136 Å². The molecule has 0 aromatic carbocycles. The van der Waals surface area contributed by atoms with Crippen molar-refractivity contribution in [1.29, 1.82) is 0 Å². The zero-order valence-corrected chi connectivity index (χ0v) is 14.0. The van der Waals surface area contributed by atoms with Crippen LogP contribution in [0.4, 0.5) is 0 Å². The minimum atomic E-state index is 0.498. The molecule has 1 aliphatic carbocycles. The van der Waals surface area contributed by atoms with Crippen LogP contribution in [0, 0.1) is 13.8 Å². The van der Waals surface area contributed by atoms with Gasteiger partial charge in [0.05, 0.1) is 18.8 Å². The normalized spacial score (nSPS) is 22.6. The summed E-state index contributed by atoms with van der Waals surface area (Å²) in [7, 11) is 0. The van der Waals surface area contributed by atoms with Crippen LogP contribution in [0.3, 0.4) is 0 Å². The average Bonchev–Trinajstić information content (AvgIpc) is 3.20. The van der Waals surface area contributed by atoms with E-state index in [2.05, 4.69) is 44.7 Å². The van der Waals surface area contributed by atoms with Crippen molar-refractivity contribution in [3.8, 4) is 0 Å². The Kier molecular flexibility index (Phi) is 3.93. The van der Waals surface area contributed by atoms with Gasteiger partial charge in [0.15, 0.2) is 5.82 Å². The minimum absolute atomic E-state index is 0.498. The number of piperidine rings is 1. The number of likely N-dealkylation sites (tertiary alicyclic amines) is 1. The second-order valence-electron chi connectivity index (χ2n) is 7.05. The summed E-state index contributed by atoms with van der Waals surface area (Å²) in [4.78, 5) is 7.08. The minimum Gasteiger partial charge on any atom is -0.338 e. The lowest BCUT2D eigenvalue weighted by molar-refractivity contribution is 0.107. The molecule has 6 heteroatoms. The van der Waals surface area contributed by atoms with Crippen molar-refractivity contribution < 1.29 is 4.52 Å². The van der Waals surface area contributed by atoms with Crippen LogP contribution in [-0.2, 0) is 13.1 Å². The fraction of sp³-hybridized carbons (Fsp3) is 0.706. The van der Waals surface area contributed by atoms with Gasteiger partial charge in [0, 0.05) is 17.7 Å². The first-order chi connectivity index (χ1) is 11.2. The molecule has 0 bridgehead atoms. The molecule has 2 aliphatic rings. The van der Waals surface area contributed by atoms with Gasteiger partial charge in [-0.2, -0.15) is 10.1 Å². The van der Waals surface area contributed by atoms with Crippen molar-refractivity contribution in [3.63, 3.8) is 0 Å². The highest BCUT2D eigenvalue weighted by molar-refractivity contribution is 5.07. The van der Waals surface area contributed by atoms with Gasteiger partial charge < -0.3 is 4.52 Å². The fourth-order valence-corrected chi connectivity index (χ4v) is 3.55. The zero-order valence-electron chi connectivity index (χ0n) is 14.0. The van der Waals surface area contributed by atoms with Crippen molar-refractivity contribution >= 4 is 0 Å². The molecule has 0 unspecified atom stereocenters. The van der Waals surface area contributed by atoms with Gasteiger partial charge in [-0.3, -0.25) is 9.58 Å². The Morgan fingerprint density at radius 3 is 2.83 bits per heavy atom. The van der Waals surface area contributed by atoms with Crippen molar-refractivity contribution in [3.05, 3.63) is 29.2 Å². The van der Waals surface area contributed by atoms with Crippen LogP contribution in [0.2, 0.25) is 0 Å². The van der Waals surface area contributed by atoms with Gasteiger partial charge in [0.2, 0.25) is 5.89 Å². The van der Waals surface area contributed by atoms with Crippen LogP contribution in [0.1, 0.15) is 61.1 Å². The maximum absolute atomic E-state index is 5.47. The molecule has 2 aromatic heterocycles. The van der Waals surface area contributed by atoms with Crippen molar-refractivity contribution in [2.75, 3.05) is 6.54 Å². The predicted octanol–water partition coefficient (Wildman–Crippen LogP) is 2.82. The summed E-state index contributed by atoms with van der Waals surface area (Å²) in [6.45, 7) is 7.01. The predicted molar refractivity (Wildman–Crippen MR) is 86.0 cm³/mol. The van der Waals surface area contributed by atoms with Crippen molar-refractivity contribution in [2.24, 2.45) is 0 Å². The van der Waals surface area contributed by atoms with Crippen molar-refractivity contribution in [2.45, 2.75) is 71.0 Å². The highest BCUT2D eigenvalue weighted by Crippen LogP contribution is 2.38. The molecule has 0 radical (unpaired) electrons. The van der Waals surface area contributed by atoms with Crippen molar-refractivity contribution in [1.82, 2.24) is 24.8 Å².